The highest BCUT2D eigenvalue weighted by Gasteiger charge is 2.50. The lowest BCUT2D eigenvalue weighted by molar-refractivity contribution is -0.260. The second-order valence-electron chi connectivity index (χ2n) is 5.84. The molecule has 0 aromatic heterocycles. The van der Waals surface area contributed by atoms with Crippen molar-refractivity contribution in [3.63, 3.8) is 0 Å². The SMILES string of the molecule is CC(=O)O[C@H]1O[C@H](C)[C@@H](OC(C)=O)[C@H](OC(C)=O)[C@H]1NC(=O)N(CCCl)N=O. The summed E-state index contributed by atoms with van der Waals surface area (Å²) >= 11 is 5.52. The Hall–Kier alpha value is -2.47. The highest BCUT2D eigenvalue weighted by atomic mass is 35.5. The minimum Gasteiger partial charge on any atom is -0.456 e. The van der Waals surface area contributed by atoms with Gasteiger partial charge >= 0.3 is 23.9 Å². The van der Waals surface area contributed by atoms with Gasteiger partial charge in [0.2, 0.25) is 6.29 Å². The maximum Gasteiger partial charge on any atom is 0.341 e. The minimum absolute atomic E-state index is 0.0752. The van der Waals surface area contributed by atoms with Crippen LogP contribution in [0.5, 0.6) is 0 Å². The zero-order valence-corrected chi connectivity index (χ0v) is 16.5. The summed E-state index contributed by atoms with van der Waals surface area (Å²) in [7, 11) is 0. The molecular formula is C15H22ClN3O9. The van der Waals surface area contributed by atoms with Crippen molar-refractivity contribution in [2.75, 3.05) is 12.4 Å². The number of carbonyl (C=O) groups excluding carboxylic acids is 4. The Kier molecular flexibility index (Phi) is 9.06. The maximum absolute atomic E-state index is 12.3. The van der Waals surface area contributed by atoms with Gasteiger partial charge in [-0.3, -0.25) is 14.4 Å². The maximum atomic E-state index is 12.3. The normalized spacial score (nSPS) is 26.5. The van der Waals surface area contributed by atoms with E-state index in [1.165, 1.54) is 6.92 Å². The molecule has 28 heavy (non-hydrogen) atoms. The zero-order chi connectivity index (χ0) is 21.4. The summed E-state index contributed by atoms with van der Waals surface area (Å²) in [4.78, 5) is 57.6. The average Bonchev–Trinajstić information content (AvgIpc) is 2.57. The Balaban J connectivity index is 3.24. The number of alkyl halides is 1. The molecule has 0 aromatic rings. The molecule has 1 N–H and O–H groups in total. The summed E-state index contributed by atoms with van der Waals surface area (Å²) in [6.45, 7) is 4.66. The molecule has 1 aliphatic heterocycles. The lowest BCUT2D eigenvalue weighted by atomic mass is 9.97. The molecule has 1 rings (SSSR count). The van der Waals surface area contributed by atoms with Crippen molar-refractivity contribution < 1.29 is 38.1 Å². The fourth-order valence-corrected chi connectivity index (χ4v) is 2.74. The Morgan fingerprint density at radius 3 is 2.04 bits per heavy atom. The molecule has 13 heteroatoms. The summed E-state index contributed by atoms with van der Waals surface area (Å²) < 4.78 is 21.0. The van der Waals surface area contributed by atoms with Crippen LogP contribution in [0.15, 0.2) is 5.29 Å². The Morgan fingerprint density at radius 2 is 1.57 bits per heavy atom. The fourth-order valence-electron chi connectivity index (χ4n) is 2.58. The number of amides is 2. The molecule has 0 radical (unpaired) electrons. The first kappa shape index (κ1) is 23.6. The molecule has 1 saturated heterocycles. The zero-order valence-electron chi connectivity index (χ0n) is 15.7. The topological polar surface area (TPSA) is 150 Å². The first-order valence-corrected chi connectivity index (χ1v) is 8.78. The van der Waals surface area contributed by atoms with Crippen LogP contribution >= 0.6 is 11.6 Å². The summed E-state index contributed by atoms with van der Waals surface area (Å²) in [6, 6.07) is -2.31. The number of hydrogen-bond acceptors (Lipinski definition) is 10. The Morgan fingerprint density at radius 1 is 1.04 bits per heavy atom. The molecule has 0 bridgehead atoms. The van der Waals surface area contributed by atoms with E-state index in [2.05, 4.69) is 10.6 Å². The first-order valence-electron chi connectivity index (χ1n) is 8.25. The highest BCUT2D eigenvalue weighted by Crippen LogP contribution is 2.27. The van der Waals surface area contributed by atoms with Crippen molar-refractivity contribution in [1.82, 2.24) is 10.3 Å². The molecule has 1 fully saturated rings. The third-order valence-corrected chi connectivity index (χ3v) is 3.76. The number of halogens is 1. The molecule has 2 amide bonds. The predicted molar refractivity (Wildman–Crippen MR) is 92.7 cm³/mol. The van der Waals surface area contributed by atoms with Gasteiger partial charge < -0.3 is 24.3 Å². The number of rotatable bonds is 7. The second kappa shape index (κ2) is 10.8. The van der Waals surface area contributed by atoms with Crippen LogP contribution in [0.25, 0.3) is 0 Å². The summed E-state index contributed by atoms with van der Waals surface area (Å²) in [5.41, 5.74) is 0. The number of nitroso groups, excluding NO2 is 1. The van der Waals surface area contributed by atoms with E-state index in [1.54, 1.807) is 0 Å². The van der Waals surface area contributed by atoms with Crippen molar-refractivity contribution in [3.8, 4) is 0 Å². The summed E-state index contributed by atoms with van der Waals surface area (Å²) in [5.74, 6) is -2.25. The van der Waals surface area contributed by atoms with Crippen molar-refractivity contribution in [1.29, 1.82) is 0 Å². The van der Waals surface area contributed by atoms with Crippen LogP contribution in [0.2, 0.25) is 0 Å². The van der Waals surface area contributed by atoms with Crippen molar-refractivity contribution >= 4 is 35.5 Å². The van der Waals surface area contributed by atoms with Crippen LogP contribution in [-0.2, 0) is 33.3 Å². The predicted octanol–water partition coefficient (Wildman–Crippen LogP) is 0.458. The van der Waals surface area contributed by atoms with E-state index in [0.29, 0.717) is 5.01 Å². The molecule has 0 saturated carbocycles. The van der Waals surface area contributed by atoms with Crippen LogP contribution in [0.4, 0.5) is 4.79 Å². The van der Waals surface area contributed by atoms with Crippen LogP contribution in [0.3, 0.4) is 0 Å². The number of urea groups is 1. The monoisotopic (exact) mass is 423 g/mol. The van der Waals surface area contributed by atoms with Gasteiger partial charge in [-0.1, -0.05) is 0 Å². The van der Waals surface area contributed by atoms with Gasteiger partial charge in [-0.2, -0.15) is 5.01 Å². The van der Waals surface area contributed by atoms with Crippen molar-refractivity contribution in [3.05, 3.63) is 4.91 Å². The van der Waals surface area contributed by atoms with E-state index in [4.69, 9.17) is 30.5 Å². The number of nitrogens with zero attached hydrogens (tertiary/aromatic N) is 2. The molecule has 0 unspecified atom stereocenters. The smallest absolute Gasteiger partial charge is 0.341 e. The lowest BCUT2D eigenvalue weighted by Gasteiger charge is -2.43. The number of ether oxygens (including phenoxy) is 4. The summed E-state index contributed by atoms with van der Waals surface area (Å²) in [6.07, 6.45) is -4.64. The van der Waals surface area contributed by atoms with E-state index in [1.807, 2.05) is 0 Å². The quantitative estimate of drug-likeness (QED) is 0.202. The number of esters is 3. The van der Waals surface area contributed by atoms with Gasteiger partial charge in [0.15, 0.2) is 12.2 Å². The molecule has 1 aliphatic rings. The standard InChI is InChI=1S/C15H22ClN3O9/c1-7-12(26-8(2)20)13(27-9(3)21)11(14(25-7)28-10(4)22)17-15(23)19(18-24)6-5-16/h7,11-14H,5-6H2,1-4H3,(H,17,23)/t7-,11-,12-,13-,14-/m1/s1. The van der Waals surface area contributed by atoms with Gasteiger partial charge in [0, 0.05) is 26.7 Å². The van der Waals surface area contributed by atoms with Crippen LogP contribution in [0.1, 0.15) is 27.7 Å². The third-order valence-electron chi connectivity index (χ3n) is 3.59. The van der Waals surface area contributed by atoms with Crippen LogP contribution < -0.4 is 5.32 Å². The van der Waals surface area contributed by atoms with Crippen molar-refractivity contribution in [2.24, 2.45) is 5.29 Å². The third kappa shape index (κ3) is 6.60. The molecule has 1 heterocycles. The molecule has 0 spiro atoms. The molecule has 0 aliphatic carbocycles. The van der Waals surface area contributed by atoms with E-state index < -0.39 is 54.6 Å². The number of nitrogens with one attached hydrogen (secondary N) is 1. The highest BCUT2D eigenvalue weighted by molar-refractivity contribution is 6.18. The van der Waals surface area contributed by atoms with E-state index in [-0.39, 0.29) is 12.4 Å². The van der Waals surface area contributed by atoms with Gasteiger partial charge in [0.25, 0.3) is 0 Å². The van der Waals surface area contributed by atoms with Gasteiger partial charge in [0.1, 0.15) is 6.04 Å². The molecule has 158 valence electrons. The Labute approximate surface area is 165 Å². The summed E-state index contributed by atoms with van der Waals surface area (Å²) in [5, 5.41) is 5.38. The molecule has 5 atom stereocenters. The van der Waals surface area contributed by atoms with Crippen LogP contribution in [0, 0.1) is 4.91 Å². The molecule has 0 aromatic carbocycles. The largest absolute Gasteiger partial charge is 0.456 e. The van der Waals surface area contributed by atoms with Gasteiger partial charge in [0.05, 0.1) is 17.9 Å². The van der Waals surface area contributed by atoms with E-state index in [9.17, 15) is 24.1 Å². The van der Waals surface area contributed by atoms with Crippen molar-refractivity contribution in [2.45, 2.75) is 58.3 Å². The number of hydrogen-bond donors (Lipinski definition) is 1. The molecular weight excluding hydrogens is 402 g/mol. The number of carbonyl (C=O) groups is 4. The van der Waals surface area contributed by atoms with Gasteiger partial charge in [-0.05, 0) is 6.92 Å². The van der Waals surface area contributed by atoms with E-state index >= 15 is 0 Å². The van der Waals surface area contributed by atoms with E-state index in [0.717, 1.165) is 20.8 Å². The average molecular weight is 424 g/mol. The van der Waals surface area contributed by atoms with Crippen LogP contribution in [-0.4, -0.2) is 72.0 Å². The fraction of sp³-hybridized carbons (Fsp3) is 0.733. The van der Waals surface area contributed by atoms with Gasteiger partial charge in [-0.15, -0.1) is 16.5 Å². The lowest BCUT2D eigenvalue weighted by Crippen LogP contribution is -2.66. The van der Waals surface area contributed by atoms with Gasteiger partial charge in [-0.25, -0.2) is 4.79 Å². The second-order valence-corrected chi connectivity index (χ2v) is 6.21. The minimum atomic E-state index is -1.39. The molecule has 12 nitrogen and oxygen atoms in total. The first-order chi connectivity index (χ1) is 13.1. The Bertz CT molecular complexity index is 618.